The first-order chi connectivity index (χ1) is 6.77. The molecule has 0 radical (unpaired) electrons. The van der Waals surface area contributed by atoms with Crippen LogP contribution in [0, 0.1) is 0 Å². The lowest BCUT2D eigenvalue weighted by Gasteiger charge is -2.01. The van der Waals surface area contributed by atoms with Gasteiger partial charge in [-0.2, -0.15) is 0 Å². The van der Waals surface area contributed by atoms with E-state index in [0.29, 0.717) is 4.99 Å². The topological polar surface area (TPSA) is 26.0 Å². The van der Waals surface area contributed by atoms with Crippen molar-refractivity contribution in [2.75, 3.05) is 0 Å². The second kappa shape index (κ2) is 3.90. The van der Waals surface area contributed by atoms with Crippen molar-refractivity contribution >= 4 is 28.5 Å². The molecule has 1 heterocycles. The highest BCUT2D eigenvalue weighted by Crippen LogP contribution is 2.25. The van der Waals surface area contributed by atoms with Gasteiger partial charge in [-0.15, -0.1) is 11.3 Å². The van der Waals surface area contributed by atoms with Crippen molar-refractivity contribution in [3.63, 3.8) is 0 Å². The van der Waals surface area contributed by atoms with Crippen LogP contribution < -0.4 is 5.73 Å². The van der Waals surface area contributed by atoms with Crippen LogP contribution in [0.4, 0.5) is 0 Å². The Morgan fingerprint density at radius 3 is 2.71 bits per heavy atom. The molecule has 0 spiro atoms. The predicted molar refractivity (Wildman–Crippen MR) is 65.6 cm³/mol. The van der Waals surface area contributed by atoms with E-state index >= 15 is 0 Å². The molecule has 0 atom stereocenters. The normalized spacial score (nSPS) is 10.0. The zero-order valence-corrected chi connectivity index (χ0v) is 9.07. The summed E-state index contributed by atoms with van der Waals surface area (Å²) in [6, 6.07) is 12.1. The van der Waals surface area contributed by atoms with Crippen molar-refractivity contribution < 1.29 is 0 Å². The number of benzene rings is 1. The zero-order valence-electron chi connectivity index (χ0n) is 7.44. The van der Waals surface area contributed by atoms with Crippen molar-refractivity contribution in [1.29, 1.82) is 0 Å². The highest BCUT2D eigenvalue weighted by molar-refractivity contribution is 7.80. The highest BCUT2D eigenvalue weighted by Gasteiger charge is 2.00. The molecular weight excluding hydrogens is 210 g/mol. The third kappa shape index (κ3) is 1.84. The van der Waals surface area contributed by atoms with Gasteiger partial charge >= 0.3 is 0 Å². The molecule has 2 N–H and O–H groups in total. The van der Waals surface area contributed by atoms with E-state index in [1.807, 2.05) is 24.3 Å². The molecule has 0 aliphatic carbocycles. The fourth-order valence-corrected chi connectivity index (χ4v) is 2.12. The van der Waals surface area contributed by atoms with Crippen LogP contribution in [0.5, 0.6) is 0 Å². The molecule has 2 aromatic rings. The summed E-state index contributed by atoms with van der Waals surface area (Å²) in [6.07, 6.45) is 0. The van der Waals surface area contributed by atoms with E-state index in [1.165, 1.54) is 10.4 Å². The fourth-order valence-electron chi connectivity index (χ4n) is 1.27. The second-order valence-corrected chi connectivity index (χ2v) is 4.31. The molecule has 1 aromatic heterocycles. The minimum Gasteiger partial charge on any atom is -0.389 e. The van der Waals surface area contributed by atoms with E-state index in [1.54, 1.807) is 11.3 Å². The summed E-state index contributed by atoms with van der Waals surface area (Å²) in [6.45, 7) is 0. The number of hydrogen-bond donors (Lipinski definition) is 1. The molecule has 1 nitrogen and oxygen atoms in total. The molecule has 0 unspecified atom stereocenters. The van der Waals surface area contributed by atoms with Crippen LogP contribution in [0.15, 0.2) is 41.8 Å². The molecule has 0 saturated heterocycles. The Bertz CT molecular complexity index is 446. The summed E-state index contributed by atoms with van der Waals surface area (Å²) >= 11 is 6.64. The molecule has 70 valence electrons. The van der Waals surface area contributed by atoms with Gasteiger partial charge < -0.3 is 5.73 Å². The van der Waals surface area contributed by atoms with Gasteiger partial charge in [-0.25, -0.2) is 0 Å². The van der Waals surface area contributed by atoms with Gasteiger partial charge in [0, 0.05) is 10.4 Å². The number of thiocarbonyl (C=S) groups is 1. The first-order valence-electron chi connectivity index (χ1n) is 4.21. The quantitative estimate of drug-likeness (QED) is 0.786. The third-order valence-electron chi connectivity index (χ3n) is 1.95. The molecule has 3 heteroatoms. The van der Waals surface area contributed by atoms with Crippen LogP contribution in [0.25, 0.3) is 10.4 Å². The highest BCUT2D eigenvalue weighted by atomic mass is 32.1. The maximum Gasteiger partial charge on any atom is 0.104 e. The Labute approximate surface area is 92.2 Å². The zero-order chi connectivity index (χ0) is 9.97. The average molecular weight is 219 g/mol. The fraction of sp³-hybridized carbons (Fsp3) is 0. The first-order valence-corrected chi connectivity index (χ1v) is 5.50. The van der Waals surface area contributed by atoms with Gasteiger partial charge in [-0.3, -0.25) is 0 Å². The van der Waals surface area contributed by atoms with Crippen molar-refractivity contribution in [3.8, 4) is 10.4 Å². The van der Waals surface area contributed by atoms with Crippen molar-refractivity contribution in [3.05, 3.63) is 47.3 Å². The molecule has 0 aliphatic rings. The Hall–Kier alpha value is -1.19. The molecule has 0 fully saturated rings. The maximum absolute atomic E-state index is 5.57. The largest absolute Gasteiger partial charge is 0.389 e. The van der Waals surface area contributed by atoms with Crippen LogP contribution >= 0.6 is 23.6 Å². The van der Waals surface area contributed by atoms with Crippen molar-refractivity contribution in [1.82, 2.24) is 0 Å². The van der Waals surface area contributed by atoms with Crippen LogP contribution in [0.2, 0.25) is 0 Å². The molecule has 0 saturated carbocycles. The van der Waals surface area contributed by atoms with Gasteiger partial charge in [0.2, 0.25) is 0 Å². The summed E-state index contributed by atoms with van der Waals surface area (Å²) < 4.78 is 0. The standard InChI is InChI=1S/C11H9NS2/c12-11(13)9-4-1-3-8(7-9)10-5-2-6-14-10/h1-7H,(H2,12,13). The minimum atomic E-state index is 0.448. The molecular formula is C11H9NS2. The number of thiophene rings is 1. The van der Waals surface area contributed by atoms with E-state index in [0.717, 1.165) is 5.56 Å². The van der Waals surface area contributed by atoms with Gasteiger partial charge in [0.25, 0.3) is 0 Å². The van der Waals surface area contributed by atoms with E-state index in [-0.39, 0.29) is 0 Å². The van der Waals surface area contributed by atoms with E-state index in [2.05, 4.69) is 17.5 Å². The maximum atomic E-state index is 5.57. The van der Waals surface area contributed by atoms with E-state index in [4.69, 9.17) is 18.0 Å². The molecule has 1 aromatic carbocycles. The molecule has 0 bridgehead atoms. The summed E-state index contributed by atoms with van der Waals surface area (Å²) in [5, 5.41) is 2.06. The van der Waals surface area contributed by atoms with Gasteiger partial charge in [-0.1, -0.05) is 36.5 Å². The Kier molecular flexibility index (Phi) is 2.61. The van der Waals surface area contributed by atoms with Crippen LogP contribution in [-0.4, -0.2) is 4.99 Å². The lowest BCUT2D eigenvalue weighted by molar-refractivity contribution is 1.62. The first kappa shape index (κ1) is 9.37. The van der Waals surface area contributed by atoms with Gasteiger partial charge in [0.15, 0.2) is 0 Å². The molecule has 14 heavy (non-hydrogen) atoms. The smallest absolute Gasteiger partial charge is 0.104 e. The van der Waals surface area contributed by atoms with Gasteiger partial charge in [-0.05, 0) is 23.1 Å². The van der Waals surface area contributed by atoms with Crippen LogP contribution in [0.3, 0.4) is 0 Å². The van der Waals surface area contributed by atoms with Crippen molar-refractivity contribution in [2.45, 2.75) is 0 Å². The Morgan fingerprint density at radius 1 is 1.21 bits per heavy atom. The summed E-state index contributed by atoms with van der Waals surface area (Å²) in [4.78, 5) is 1.69. The Balaban J connectivity index is 2.46. The molecule has 2 rings (SSSR count). The van der Waals surface area contributed by atoms with Crippen LogP contribution in [-0.2, 0) is 0 Å². The number of hydrogen-bond acceptors (Lipinski definition) is 2. The number of rotatable bonds is 2. The lowest BCUT2D eigenvalue weighted by Crippen LogP contribution is -2.08. The van der Waals surface area contributed by atoms with Crippen molar-refractivity contribution in [2.24, 2.45) is 5.73 Å². The summed E-state index contributed by atoms with van der Waals surface area (Å²) in [7, 11) is 0. The summed E-state index contributed by atoms with van der Waals surface area (Å²) in [5.74, 6) is 0. The summed E-state index contributed by atoms with van der Waals surface area (Å²) in [5.41, 5.74) is 7.66. The predicted octanol–water partition coefficient (Wildman–Crippen LogP) is 3.05. The van der Waals surface area contributed by atoms with Crippen LogP contribution in [0.1, 0.15) is 5.56 Å². The SMILES string of the molecule is NC(=S)c1cccc(-c2cccs2)c1. The van der Waals surface area contributed by atoms with E-state index in [9.17, 15) is 0 Å². The average Bonchev–Trinajstić information content (AvgIpc) is 2.71. The lowest BCUT2D eigenvalue weighted by atomic mass is 10.1. The molecule has 0 aliphatic heterocycles. The molecule has 0 amide bonds. The third-order valence-corrected chi connectivity index (χ3v) is 3.11. The second-order valence-electron chi connectivity index (χ2n) is 2.92. The number of nitrogens with two attached hydrogens (primary N) is 1. The van der Waals surface area contributed by atoms with E-state index < -0.39 is 0 Å². The monoisotopic (exact) mass is 219 g/mol. The van der Waals surface area contributed by atoms with Gasteiger partial charge in [0.05, 0.1) is 0 Å². The Morgan fingerprint density at radius 2 is 2.07 bits per heavy atom. The van der Waals surface area contributed by atoms with Gasteiger partial charge in [0.1, 0.15) is 4.99 Å². The minimum absolute atomic E-state index is 0.448.